The lowest BCUT2D eigenvalue weighted by atomic mass is 10.1. The molecule has 1 fully saturated rings. The first-order valence-electron chi connectivity index (χ1n) is 7.34. The third-order valence-electron chi connectivity index (χ3n) is 3.73. The van der Waals surface area contributed by atoms with E-state index in [1.165, 1.54) is 0 Å². The lowest BCUT2D eigenvalue weighted by Gasteiger charge is -2.13. The average Bonchev–Trinajstić information content (AvgIpc) is 3.34. The van der Waals surface area contributed by atoms with E-state index in [1.54, 1.807) is 25.2 Å². The largest absolute Gasteiger partial charge is 0.480 e. The van der Waals surface area contributed by atoms with Crippen LogP contribution in [0.2, 0.25) is 0 Å². The van der Waals surface area contributed by atoms with Crippen LogP contribution in [0.15, 0.2) is 24.3 Å². The summed E-state index contributed by atoms with van der Waals surface area (Å²) < 4.78 is 0. The molecule has 1 aromatic carbocycles. The zero-order valence-electron chi connectivity index (χ0n) is 12.5. The standard InChI is InChI=1S/C16H20N2O4/c1-17-15(20)12-4-2-3-10(9-12)5-8-13(19)18-14(16(21)22)11-6-7-11/h2-4,9,11,14H,5-8H2,1H3,(H,17,20)(H,18,19)(H,21,22). The number of amides is 2. The highest BCUT2D eigenvalue weighted by atomic mass is 16.4. The Morgan fingerprint density at radius 3 is 2.64 bits per heavy atom. The minimum Gasteiger partial charge on any atom is -0.480 e. The first kappa shape index (κ1) is 16.0. The van der Waals surface area contributed by atoms with Crippen LogP contribution in [0, 0.1) is 5.92 Å². The van der Waals surface area contributed by atoms with Gasteiger partial charge in [-0.3, -0.25) is 9.59 Å². The number of hydrogen-bond acceptors (Lipinski definition) is 3. The number of benzene rings is 1. The van der Waals surface area contributed by atoms with Crippen molar-refractivity contribution in [2.75, 3.05) is 7.05 Å². The summed E-state index contributed by atoms with van der Waals surface area (Å²) in [5.74, 6) is -1.36. The summed E-state index contributed by atoms with van der Waals surface area (Å²) in [6.07, 6.45) is 2.37. The van der Waals surface area contributed by atoms with Crippen LogP contribution in [0.4, 0.5) is 0 Å². The van der Waals surface area contributed by atoms with E-state index >= 15 is 0 Å². The van der Waals surface area contributed by atoms with Gasteiger partial charge in [-0.2, -0.15) is 0 Å². The minimum absolute atomic E-state index is 0.0676. The maximum Gasteiger partial charge on any atom is 0.326 e. The van der Waals surface area contributed by atoms with Crippen LogP contribution in [0.25, 0.3) is 0 Å². The number of carboxylic acid groups (broad SMARTS) is 1. The summed E-state index contributed by atoms with van der Waals surface area (Å²) in [6, 6.07) is 6.28. The molecule has 0 aliphatic heterocycles. The van der Waals surface area contributed by atoms with Gasteiger partial charge in [-0.1, -0.05) is 12.1 Å². The molecule has 22 heavy (non-hydrogen) atoms. The van der Waals surface area contributed by atoms with E-state index in [9.17, 15) is 14.4 Å². The van der Waals surface area contributed by atoms with E-state index in [0.717, 1.165) is 18.4 Å². The molecular formula is C16H20N2O4. The fourth-order valence-electron chi connectivity index (χ4n) is 2.33. The highest BCUT2D eigenvalue weighted by Crippen LogP contribution is 2.32. The monoisotopic (exact) mass is 304 g/mol. The Morgan fingerprint density at radius 1 is 1.32 bits per heavy atom. The van der Waals surface area contributed by atoms with E-state index < -0.39 is 12.0 Å². The van der Waals surface area contributed by atoms with Crippen LogP contribution in [-0.2, 0) is 16.0 Å². The second-order valence-corrected chi connectivity index (χ2v) is 5.50. The van der Waals surface area contributed by atoms with E-state index in [2.05, 4.69) is 10.6 Å². The number of hydrogen-bond donors (Lipinski definition) is 3. The van der Waals surface area contributed by atoms with Crippen molar-refractivity contribution in [3.05, 3.63) is 35.4 Å². The van der Waals surface area contributed by atoms with Crippen LogP contribution in [-0.4, -0.2) is 36.0 Å². The van der Waals surface area contributed by atoms with Crippen LogP contribution in [0.1, 0.15) is 35.2 Å². The van der Waals surface area contributed by atoms with Gasteiger partial charge in [-0.05, 0) is 42.9 Å². The van der Waals surface area contributed by atoms with Gasteiger partial charge in [0.15, 0.2) is 0 Å². The molecule has 0 spiro atoms. The molecule has 118 valence electrons. The van der Waals surface area contributed by atoms with E-state index in [-0.39, 0.29) is 24.2 Å². The van der Waals surface area contributed by atoms with Crippen molar-refractivity contribution in [3.8, 4) is 0 Å². The molecule has 0 radical (unpaired) electrons. The number of carbonyl (C=O) groups is 3. The fraction of sp³-hybridized carbons (Fsp3) is 0.438. The molecule has 0 saturated heterocycles. The van der Waals surface area contributed by atoms with Gasteiger partial charge in [-0.25, -0.2) is 4.79 Å². The maximum absolute atomic E-state index is 11.9. The van der Waals surface area contributed by atoms with Gasteiger partial charge in [0.05, 0.1) is 0 Å². The summed E-state index contributed by atoms with van der Waals surface area (Å²) in [5, 5.41) is 14.2. The SMILES string of the molecule is CNC(=O)c1cccc(CCC(=O)NC(C(=O)O)C2CC2)c1. The second kappa shape index (κ2) is 7.06. The molecular weight excluding hydrogens is 284 g/mol. The number of carboxylic acids is 1. The van der Waals surface area contributed by atoms with Crippen molar-refractivity contribution in [1.29, 1.82) is 0 Å². The van der Waals surface area contributed by atoms with Gasteiger partial charge in [0.2, 0.25) is 5.91 Å². The summed E-state index contributed by atoms with van der Waals surface area (Å²) in [4.78, 5) is 34.5. The van der Waals surface area contributed by atoms with Crippen molar-refractivity contribution < 1.29 is 19.5 Å². The molecule has 1 aromatic rings. The predicted octanol–water partition coefficient (Wildman–Crippen LogP) is 0.958. The zero-order chi connectivity index (χ0) is 16.1. The first-order chi connectivity index (χ1) is 10.5. The minimum atomic E-state index is -0.975. The number of rotatable bonds is 7. The number of aliphatic carboxylic acids is 1. The summed E-state index contributed by atoms with van der Waals surface area (Å²) in [6.45, 7) is 0. The van der Waals surface area contributed by atoms with Gasteiger partial charge in [-0.15, -0.1) is 0 Å². The summed E-state index contributed by atoms with van der Waals surface area (Å²) in [7, 11) is 1.56. The molecule has 6 nitrogen and oxygen atoms in total. The Labute approximate surface area is 128 Å². The lowest BCUT2D eigenvalue weighted by molar-refractivity contribution is -0.142. The molecule has 0 bridgehead atoms. The van der Waals surface area contributed by atoms with E-state index in [4.69, 9.17) is 5.11 Å². The van der Waals surface area contributed by atoms with Crippen LogP contribution < -0.4 is 10.6 Å². The zero-order valence-corrected chi connectivity index (χ0v) is 12.5. The molecule has 0 heterocycles. The quantitative estimate of drug-likeness (QED) is 0.699. The Bertz CT molecular complexity index is 581. The molecule has 2 rings (SSSR count). The molecule has 1 aliphatic rings. The molecule has 3 N–H and O–H groups in total. The topological polar surface area (TPSA) is 95.5 Å². The third kappa shape index (κ3) is 4.31. The molecule has 6 heteroatoms. The van der Waals surface area contributed by atoms with Crippen molar-refractivity contribution in [1.82, 2.24) is 10.6 Å². The smallest absolute Gasteiger partial charge is 0.326 e. The second-order valence-electron chi connectivity index (χ2n) is 5.50. The summed E-state index contributed by atoms with van der Waals surface area (Å²) in [5.41, 5.74) is 1.41. The highest BCUT2D eigenvalue weighted by Gasteiger charge is 2.37. The Hall–Kier alpha value is -2.37. The third-order valence-corrected chi connectivity index (χ3v) is 3.73. The van der Waals surface area contributed by atoms with Gasteiger partial charge in [0.1, 0.15) is 6.04 Å². The van der Waals surface area contributed by atoms with Crippen LogP contribution >= 0.6 is 0 Å². The van der Waals surface area contributed by atoms with Gasteiger partial charge < -0.3 is 15.7 Å². The first-order valence-corrected chi connectivity index (χ1v) is 7.34. The molecule has 1 saturated carbocycles. The fourth-order valence-corrected chi connectivity index (χ4v) is 2.33. The molecule has 2 amide bonds. The van der Waals surface area contributed by atoms with Crippen LogP contribution in [0.5, 0.6) is 0 Å². The van der Waals surface area contributed by atoms with Gasteiger partial charge in [0.25, 0.3) is 5.91 Å². The van der Waals surface area contributed by atoms with Crippen LogP contribution in [0.3, 0.4) is 0 Å². The lowest BCUT2D eigenvalue weighted by Crippen LogP contribution is -2.42. The van der Waals surface area contributed by atoms with Crippen molar-refractivity contribution in [3.63, 3.8) is 0 Å². The number of aryl methyl sites for hydroxylation is 1. The van der Waals surface area contributed by atoms with Crippen molar-refractivity contribution >= 4 is 17.8 Å². The molecule has 1 unspecified atom stereocenters. The van der Waals surface area contributed by atoms with Crippen molar-refractivity contribution in [2.45, 2.75) is 31.7 Å². The Morgan fingerprint density at radius 2 is 2.05 bits per heavy atom. The number of carbonyl (C=O) groups excluding carboxylic acids is 2. The predicted molar refractivity (Wildman–Crippen MR) is 80.4 cm³/mol. The maximum atomic E-state index is 11.9. The van der Waals surface area contributed by atoms with Crippen molar-refractivity contribution in [2.24, 2.45) is 5.92 Å². The molecule has 1 atom stereocenters. The number of nitrogens with one attached hydrogen (secondary N) is 2. The molecule has 1 aliphatic carbocycles. The van der Waals surface area contributed by atoms with E-state index in [1.807, 2.05) is 6.07 Å². The van der Waals surface area contributed by atoms with Gasteiger partial charge >= 0.3 is 5.97 Å². The average molecular weight is 304 g/mol. The summed E-state index contributed by atoms with van der Waals surface area (Å²) >= 11 is 0. The Balaban J connectivity index is 1.88. The van der Waals surface area contributed by atoms with E-state index in [0.29, 0.717) is 12.0 Å². The highest BCUT2D eigenvalue weighted by molar-refractivity contribution is 5.94. The molecule has 0 aromatic heterocycles. The van der Waals surface area contributed by atoms with Gasteiger partial charge in [0, 0.05) is 19.0 Å². The normalized spacial score (nSPS) is 15.0. The Kier molecular flexibility index (Phi) is 5.14.